The molecule has 0 unspecified atom stereocenters. The zero-order valence-electron chi connectivity index (χ0n) is 28.4. The molecule has 0 saturated heterocycles. The normalized spacial score (nSPS) is 13.0. The molecular weight excluding hydrogens is 852 g/mol. The van der Waals surface area contributed by atoms with Gasteiger partial charge in [-0.15, -0.1) is 0 Å². The summed E-state index contributed by atoms with van der Waals surface area (Å²) < 4.78 is 323. The molecule has 4 aromatic rings. The summed E-state index contributed by atoms with van der Waals surface area (Å²) in [6.07, 6.45) is 0. The predicted octanol–water partition coefficient (Wildman–Crippen LogP) is 11.4. The van der Waals surface area contributed by atoms with Crippen LogP contribution in [-0.2, 0) is 20.1 Å². The fraction of sp³-hybridized carbons (Fsp3) is 0.250. The average Bonchev–Trinajstić information content (AvgIpc) is 3.09. The molecule has 0 fully saturated rings. The van der Waals surface area contributed by atoms with Gasteiger partial charge in [0.1, 0.15) is 0 Å². The quantitative estimate of drug-likeness (QED) is 0.0722. The summed E-state index contributed by atoms with van der Waals surface area (Å²) in [4.78, 5) is 0. The van der Waals surface area contributed by atoms with E-state index in [2.05, 4.69) is 0 Å². The first-order chi connectivity index (χ1) is 25.4. The van der Waals surface area contributed by atoms with Crippen molar-refractivity contribution in [1.82, 2.24) is 0 Å². The molecule has 0 aliphatic rings. The van der Waals surface area contributed by atoms with Crippen molar-refractivity contribution in [3.05, 3.63) is 139 Å². The molecule has 0 N–H and O–H groups in total. The molecule has 306 valence electrons. The van der Waals surface area contributed by atoms with Crippen LogP contribution in [0.3, 0.4) is 0 Å². The highest BCUT2D eigenvalue weighted by atomic mass is 28.4. The van der Waals surface area contributed by atoms with E-state index in [-0.39, 0.29) is 0 Å². The summed E-state index contributed by atoms with van der Waals surface area (Å²) in [5, 5.41) is 0. The summed E-state index contributed by atoms with van der Waals surface area (Å²) in [6, 6.07) is 0. The molecule has 0 radical (unpaired) electrons. The molecule has 0 atom stereocenters. The Morgan fingerprint density at radius 1 is 0.232 bits per heavy atom. The monoisotopic (exact) mass is 870 g/mol. The minimum Gasteiger partial charge on any atom is -0.401 e. The van der Waals surface area contributed by atoms with Gasteiger partial charge < -0.3 is 8.85 Å². The molecule has 0 aliphatic heterocycles. The van der Waals surface area contributed by atoms with Crippen LogP contribution in [-0.4, -0.2) is 16.6 Å². The third kappa shape index (κ3) is 6.35. The van der Waals surface area contributed by atoms with Crippen LogP contribution in [0.4, 0.5) is 87.8 Å². The second kappa shape index (κ2) is 14.3. The van der Waals surface area contributed by atoms with E-state index >= 15 is 70.2 Å². The lowest BCUT2D eigenvalue weighted by atomic mass is 9.64. The molecule has 0 spiro atoms. The van der Waals surface area contributed by atoms with Crippen LogP contribution in [0, 0.1) is 116 Å². The third-order valence-electron chi connectivity index (χ3n) is 7.66. The topological polar surface area (TPSA) is 18.5 Å². The largest absolute Gasteiger partial charge is 0.401 e. The van der Waals surface area contributed by atoms with E-state index in [1.165, 1.54) is 0 Å². The fourth-order valence-corrected chi connectivity index (χ4v) is 8.41. The third-order valence-corrected chi connectivity index (χ3v) is 9.50. The number of hydrogen-bond donors (Lipinski definition) is 0. The van der Waals surface area contributed by atoms with Gasteiger partial charge in [0.2, 0.25) is 23.3 Å². The predicted molar refractivity (Wildman–Crippen MR) is 155 cm³/mol. The molecule has 0 bridgehead atoms. The Morgan fingerprint density at radius 2 is 0.339 bits per heavy atom. The van der Waals surface area contributed by atoms with E-state index in [1.807, 2.05) is 0 Å². The summed E-state index contributed by atoms with van der Waals surface area (Å²) in [5.74, 6) is -68.7. The van der Waals surface area contributed by atoms with Gasteiger partial charge in [-0.25, -0.2) is 87.8 Å². The van der Waals surface area contributed by atoms with Crippen molar-refractivity contribution in [2.75, 3.05) is 0 Å². The Labute approximate surface area is 302 Å². The van der Waals surface area contributed by atoms with Crippen LogP contribution >= 0.6 is 0 Å². The molecule has 2 nitrogen and oxygen atoms in total. The summed E-state index contributed by atoms with van der Waals surface area (Å²) in [7, 11) is -9.73. The van der Waals surface area contributed by atoms with Crippen LogP contribution in [0.5, 0.6) is 0 Å². The lowest BCUT2D eigenvalue weighted by Crippen LogP contribution is -2.63. The Bertz CT molecular complexity index is 1900. The lowest BCUT2D eigenvalue weighted by molar-refractivity contribution is -0.105. The Hall–Kier alpha value is -4.17. The van der Waals surface area contributed by atoms with Gasteiger partial charge >= 0.3 is 0 Å². The summed E-state index contributed by atoms with van der Waals surface area (Å²) in [6.45, 7) is 3.56. The van der Waals surface area contributed by atoms with Crippen molar-refractivity contribution in [2.45, 2.75) is 50.5 Å². The molecular formula is C32H18F20O2Si2. The number of benzene rings is 4. The SMILES string of the molecule is C[Si](C)(C)OC(c1c(F)c(F)c(F)c(F)c1F)(c1c(F)c(F)c(F)c(F)c1F)C(O[Si](C)(C)C)(c1c(F)c(F)c(F)c(F)c1F)c1c(F)c(F)c(F)c(F)c1F. The zero-order valence-corrected chi connectivity index (χ0v) is 30.4. The van der Waals surface area contributed by atoms with Gasteiger partial charge in [0.25, 0.3) is 0 Å². The molecule has 0 aliphatic carbocycles. The molecule has 0 heterocycles. The van der Waals surface area contributed by atoms with Gasteiger partial charge in [-0.3, -0.25) is 0 Å². The van der Waals surface area contributed by atoms with Gasteiger partial charge in [-0.1, -0.05) is 0 Å². The maximum atomic E-state index is 16.4. The number of halogens is 20. The van der Waals surface area contributed by atoms with Gasteiger partial charge in [-0.05, 0) is 39.3 Å². The van der Waals surface area contributed by atoms with Gasteiger partial charge in [0.15, 0.2) is 121 Å². The maximum absolute atomic E-state index is 16.4. The number of rotatable bonds is 9. The average molecular weight is 871 g/mol. The molecule has 0 amide bonds. The summed E-state index contributed by atoms with van der Waals surface area (Å²) in [5.41, 5.74) is -24.8. The molecule has 24 heteroatoms. The van der Waals surface area contributed by atoms with Crippen LogP contribution in [0.25, 0.3) is 0 Å². The van der Waals surface area contributed by atoms with E-state index in [0.717, 1.165) is 0 Å². The highest BCUT2D eigenvalue weighted by molar-refractivity contribution is 6.70. The molecule has 4 aromatic carbocycles. The maximum Gasteiger partial charge on any atom is 0.200 e. The smallest absolute Gasteiger partial charge is 0.200 e. The van der Waals surface area contributed by atoms with E-state index < -0.39 is 166 Å². The van der Waals surface area contributed by atoms with Gasteiger partial charge in [-0.2, -0.15) is 0 Å². The first kappa shape index (κ1) is 44.5. The van der Waals surface area contributed by atoms with Crippen LogP contribution in [0.2, 0.25) is 39.3 Å². The van der Waals surface area contributed by atoms with E-state index in [1.54, 1.807) is 0 Å². The summed E-state index contributed by atoms with van der Waals surface area (Å²) >= 11 is 0. The van der Waals surface area contributed by atoms with E-state index in [4.69, 9.17) is 8.85 Å². The standard InChI is InChI=1S/C32H18F20O2Si2/c1-55(2,3)53-31(7-11(33)19(41)27(49)20(42)12(7)34,8-13(35)21(43)28(50)22(44)14(8)36)32(54-56(4,5)6,9-15(37)23(45)29(51)24(46)16(9)38)10-17(39)25(47)30(52)26(48)18(10)40/h1-6H3. The lowest BCUT2D eigenvalue weighted by Gasteiger charge is -2.55. The second-order valence-electron chi connectivity index (χ2n) is 13.6. The minimum absolute atomic E-state index is 0.593. The van der Waals surface area contributed by atoms with Crippen LogP contribution < -0.4 is 0 Å². The Kier molecular flexibility index (Phi) is 11.4. The van der Waals surface area contributed by atoms with Crippen molar-refractivity contribution >= 4 is 16.6 Å². The highest BCUT2D eigenvalue weighted by Gasteiger charge is 2.70. The molecule has 56 heavy (non-hydrogen) atoms. The van der Waals surface area contributed by atoms with E-state index in [0.29, 0.717) is 39.3 Å². The van der Waals surface area contributed by atoms with Gasteiger partial charge in [0, 0.05) is 0 Å². The molecule has 4 rings (SSSR count). The van der Waals surface area contributed by atoms with Crippen molar-refractivity contribution < 1.29 is 96.7 Å². The fourth-order valence-electron chi connectivity index (χ4n) is 5.88. The van der Waals surface area contributed by atoms with E-state index in [9.17, 15) is 17.6 Å². The Balaban J connectivity index is 2.86. The zero-order chi connectivity index (χ0) is 43.3. The van der Waals surface area contributed by atoms with Crippen molar-refractivity contribution in [3.8, 4) is 0 Å². The van der Waals surface area contributed by atoms with Gasteiger partial charge in [0.05, 0.1) is 22.3 Å². The van der Waals surface area contributed by atoms with Crippen molar-refractivity contribution in [3.63, 3.8) is 0 Å². The van der Waals surface area contributed by atoms with Crippen LogP contribution in [0.1, 0.15) is 22.3 Å². The second-order valence-corrected chi connectivity index (χ2v) is 22.4. The van der Waals surface area contributed by atoms with Crippen LogP contribution in [0.15, 0.2) is 0 Å². The number of hydrogen-bond acceptors (Lipinski definition) is 2. The van der Waals surface area contributed by atoms with Crippen molar-refractivity contribution in [2.24, 2.45) is 0 Å². The first-order valence-electron chi connectivity index (χ1n) is 14.8. The minimum atomic E-state index is -5.76. The first-order valence-corrected chi connectivity index (χ1v) is 21.7. The molecule has 0 saturated carbocycles. The highest BCUT2D eigenvalue weighted by Crippen LogP contribution is 2.62. The van der Waals surface area contributed by atoms with Crippen molar-refractivity contribution in [1.29, 1.82) is 0 Å². The Morgan fingerprint density at radius 3 is 0.446 bits per heavy atom. The molecule has 0 aromatic heterocycles.